The molecule has 1 aromatic rings. The van der Waals surface area contributed by atoms with Gasteiger partial charge >= 0.3 is 5.97 Å². The molecule has 0 amide bonds. The van der Waals surface area contributed by atoms with Crippen molar-refractivity contribution in [1.29, 1.82) is 0 Å². The van der Waals surface area contributed by atoms with E-state index in [0.29, 0.717) is 0 Å². The standard InChI is InChI=1S/C15H23NO2/c1-4-12-16-15(2,14(17)18-3)11-10-13-8-6-5-7-9-13/h5-9,16H,4,10-12H2,1-3H3. The van der Waals surface area contributed by atoms with Gasteiger partial charge in [-0.25, -0.2) is 0 Å². The highest BCUT2D eigenvalue weighted by Crippen LogP contribution is 2.16. The minimum Gasteiger partial charge on any atom is -0.468 e. The van der Waals surface area contributed by atoms with Gasteiger partial charge in [0, 0.05) is 0 Å². The molecule has 0 aliphatic rings. The van der Waals surface area contributed by atoms with Gasteiger partial charge in [0.1, 0.15) is 5.54 Å². The van der Waals surface area contributed by atoms with Gasteiger partial charge in [0.2, 0.25) is 0 Å². The van der Waals surface area contributed by atoms with Crippen molar-refractivity contribution in [2.45, 2.75) is 38.6 Å². The summed E-state index contributed by atoms with van der Waals surface area (Å²) in [5.74, 6) is -0.188. The van der Waals surface area contributed by atoms with E-state index in [2.05, 4.69) is 24.4 Å². The summed E-state index contributed by atoms with van der Waals surface area (Å²) in [5, 5.41) is 3.29. The fourth-order valence-electron chi connectivity index (χ4n) is 1.93. The van der Waals surface area contributed by atoms with Gasteiger partial charge in [-0.15, -0.1) is 0 Å². The van der Waals surface area contributed by atoms with Crippen LogP contribution in [0.4, 0.5) is 0 Å². The van der Waals surface area contributed by atoms with Crippen molar-refractivity contribution in [3.05, 3.63) is 35.9 Å². The van der Waals surface area contributed by atoms with Gasteiger partial charge in [0.05, 0.1) is 7.11 Å². The van der Waals surface area contributed by atoms with E-state index in [-0.39, 0.29) is 5.97 Å². The number of aryl methyl sites for hydroxylation is 1. The second-order valence-corrected chi connectivity index (χ2v) is 4.74. The second kappa shape index (κ2) is 7.17. The zero-order chi connectivity index (χ0) is 13.4. The summed E-state index contributed by atoms with van der Waals surface area (Å²) >= 11 is 0. The third-order valence-electron chi connectivity index (χ3n) is 3.16. The predicted octanol–water partition coefficient (Wildman–Crippen LogP) is 2.55. The van der Waals surface area contributed by atoms with Crippen molar-refractivity contribution < 1.29 is 9.53 Å². The third-order valence-corrected chi connectivity index (χ3v) is 3.16. The molecule has 1 N–H and O–H groups in total. The van der Waals surface area contributed by atoms with Gasteiger partial charge < -0.3 is 10.1 Å². The number of methoxy groups -OCH3 is 1. The minimum atomic E-state index is -0.597. The van der Waals surface area contributed by atoms with Gasteiger partial charge in [-0.1, -0.05) is 37.3 Å². The molecular weight excluding hydrogens is 226 g/mol. The Morgan fingerprint density at radius 3 is 2.56 bits per heavy atom. The third kappa shape index (κ3) is 4.15. The summed E-state index contributed by atoms with van der Waals surface area (Å²) in [5.41, 5.74) is 0.645. The zero-order valence-electron chi connectivity index (χ0n) is 11.5. The van der Waals surface area contributed by atoms with Crippen molar-refractivity contribution >= 4 is 5.97 Å². The molecule has 0 aliphatic carbocycles. The van der Waals surface area contributed by atoms with Crippen LogP contribution in [-0.4, -0.2) is 25.2 Å². The van der Waals surface area contributed by atoms with Gasteiger partial charge in [-0.2, -0.15) is 0 Å². The predicted molar refractivity (Wildman–Crippen MR) is 73.5 cm³/mol. The number of rotatable bonds is 7. The average Bonchev–Trinajstić information content (AvgIpc) is 2.43. The smallest absolute Gasteiger partial charge is 0.325 e. The number of ether oxygens (including phenoxy) is 1. The Kier molecular flexibility index (Phi) is 5.86. The van der Waals surface area contributed by atoms with Crippen LogP contribution >= 0.6 is 0 Å². The lowest BCUT2D eigenvalue weighted by atomic mass is 9.93. The van der Waals surface area contributed by atoms with Gasteiger partial charge in [0.15, 0.2) is 0 Å². The Morgan fingerprint density at radius 2 is 2.00 bits per heavy atom. The number of esters is 1. The van der Waals surface area contributed by atoms with Crippen LogP contribution in [0.1, 0.15) is 32.3 Å². The van der Waals surface area contributed by atoms with Crippen LogP contribution in [0, 0.1) is 0 Å². The largest absolute Gasteiger partial charge is 0.468 e. The van der Waals surface area contributed by atoms with Crippen molar-refractivity contribution in [2.75, 3.05) is 13.7 Å². The highest BCUT2D eigenvalue weighted by Gasteiger charge is 2.32. The highest BCUT2D eigenvalue weighted by molar-refractivity contribution is 5.80. The number of benzene rings is 1. The summed E-state index contributed by atoms with van der Waals surface area (Å²) in [6.45, 7) is 4.82. The van der Waals surface area contributed by atoms with E-state index in [1.807, 2.05) is 25.1 Å². The first kappa shape index (κ1) is 14.7. The van der Waals surface area contributed by atoms with Crippen molar-refractivity contribution in [3.8, 4) is 0 Å². The van der Waals surface area contributed by atoms with E-state index in [1.54, 1.807) is 0 Å². The van der Waals surface area contributed by atoms with Gasteiger partial charge in [-0.3, -0.25) is 4.79 Å². The summed E-state index contributed by atoms with van der Waals surface area (Å²) in [4.78, 5) is 11.9. The summed E-state index contributed by atoms with van der Waals surface area (Å²) in [6.07, 6.45) is 2.60. The first-order valence-electron chi connectivity index (χ1n) is 6.49. The molecule has 0 aromatic heterocycles. The van der Waals surface area contributed by atoms with E-state index >= 15 is 0 Å². The monoisotopic (exact) mass is 249 g/mol. The van der Waals surface area contributed by atoms with Crippen LogP contribution < -0.4 is 5.32 Å². The molecule has 1 aromatic carbocycles. The molecule has 0 fully saturated rings. The Bertz CT molecular complexity index is 364. The van der Waals surface area contributed by atoms with E-state index in [1.165, 1.54) is 12.7 Å². The molecule has 0 bridgehead atoms. The maximum Gasteiger partial charge on any atom is 0.325 e. The molecule has 100 valence electrons. The molecule has 0 saturated carbocycles. The maximum absolute atomic E-state index is 11.9. The first-order valence-corrected chi connectivity index (χ1v) is 6.49. The van der Waals surface area contributed by atoms with Crippen LogP contribution in [0.5, 0.6) is 0 Å². The lowest BCUT2D eigenvalue weighted by Crippen LogP contribution is -2.50. The van der Waals surface area contributed by atoms with Gasteiger partial charge in [-0.05, 0) is 38.3 Å². The fourth-order valence-corrected chi connectivity index (χ4v) is 1.93. The molecular formula is C15H23NO2. The van der Waals surface area contributed by atoms with Crippen LogP contribution in [0.25, 0.3) is 0 Å². The van der Waals surface area contributed by atoms with E-state index in [9.17, 15) is 4.79 Å². The molecule has 1 unspecified atom stereocenters. The van der Waals surface area contributed by atoms with Crippen LogP contribution in [0.2, 0.25) is 0 Å². The number of hydrogen-bond acceptors (Lipinski definition) is 3. The summed E-state index contributed by atoms with van der Waals surface area (Å²) in [7, 11) is 1.44. The molecule has 0 spiro atoms. The lowest BCUT2D eigenvalue weighted by molar-refractivity contribution is -0.148. The number of nitrogens with one attached hydrogen (secondary N) is 1. The highest BCUT2D eigenvalue weighted by atomic mass is 16.5. The van der Waals surface area contributed by atoms with E-state index in [4.69, 9.17) is 4.74 Å². The van der Waals surface area contributed by atoms with Gasteiger partial charge in [0.25, 0.3) is 0 Å². The Balaban J connectivity index is 2.64. The van der Waals surface area contributed by atoms with E-state index < -0.39 is 5.54 Å². The second-order valence-electron chi connectivity index (χ2n) is 4.74. The van der Waals surface area contributed by atoms with Crippen LogP contribution in [0.3, 0.4) is 0 Å². The van der Waals surface area contributed by atoms with Crippen molar-refractivity contribution in [2.24, 2.45) is 0 Å². The molecule has 0 radical (unpaired) electrons. The molecule has 3 heteroatoms. The zero-order valence-corrected chi connectivity index (χ0v) is 11.5. The molecule has 18 heavy (non-hydrogen) atoms. The molecule has 0 saturated heterocycles. The summed E-state index contributed by atoms with van der Waals surface area (Å²) < 4.78 is 4.90. The topological polar surface area (TPSA) is 38.3 Å². The number of carbonyl (C=O) groups is 1. The van der Waals surface area contributed by atoms with Crippen molar-refractivity contribution in [1.82, 2.24) is 5.32 Å². The van der Waals surface area contributed by atoms with Crippen LogP contribution in [-0.2, 0) is 16.0 Å². The van der Waals surface area contributed by atoms with Crippen molar-refractivity contribution in [3.63, 3.8) is 0 Å². The lowest BCUT2D eigenvalue weighted by Gasteiger charge is -2.28. The molecule has 3 nitrogen and oxygen atoms in total. The Labute approximate surface area is 110 Å². The van der Waals surface area contributed by atoms with Crippen LogP contribution in [0.15, 0.2) is 30.3 Å². The molecule has 0 aliphatic heterocycles. The quantitative estimate of drug-likeness (QED) is 0.755. The Hall–Kier alpha value is -1.35. The molecule has 1 rings (SSSR count). The molecule has 0 heterocycles. The first-order chi connectivity index (χ1) is 8.62. The number of carbonyl (C=O) groups excluding carboxylic acids is 1. The maximum atomic E-state index is 11.9. The SMILES string of the molecule is CCCNC(C)(CCc1ccccc1)C(=O)OC. The normalized spacial score (nSPS) is 13.9. The average molecular weight is 249 g/mol. The minimum absolute atomic E-state index is 0.188. The fraction of sp³-hybridized carbons (Fsp3) is 0.533. The summed E-state index contributed by atoms with van der Waals surface area (Å²) in [6, 6.07) is 10.2. The Morgan fingerprint density at radius 1 is 1.33 bits per heavy atom. The molecule has 1 atom stereocenters. The number of hydrogen-bond donors (Lipinski definition) is 1. The van der Waals surface area contributed by atoms with E-state index in [0.717, 1.165) is 25.8 Å².